The smallest absolute Gasteiger partial charge is 0.386 e. The van der Waals surface area contributed by atoms with Gasteiger partial charge in [-0.3, -0.25) is 22.7 Å². The third kappa shape index (κ3) is 5.39. The maximum atomic E-state index is 17.0. The van der Waals surface area contributed by atoms with Gasteiger partial charge in [-0.15, -0.1) is 0 Å². The molecule has 3 aliphatic rings. The molecule has 2 unspecified atom stereocenters. The molecule has 0 radical (unpaired) electrons. The SMILES string of the molecule is Nc1nc(O)c2ccn([C@]3(F)CO[C@@H]4COP(=O)(S)O[C@@H]5[C@H](O)[C@@H](COP(=O)(S)O[C@H]43)O[C@H]5n3ccc4c(N)ncnc43)c2n1. The Bertz CT molecular complexity index is 1900. The van der Waals surface area contributed by atoms with Gasteiger partial charge in [-0.1, -0.05) is 24.5 Å². The van der Waals surface area contributed by atoms with Gasteiger partial charge in [0.25, 0.3) is 0 Å². The van der Waals surface area contributed by atoms with Crippen LogP contribution in [-0.4, -0.2) is 89.6 Å². The minimum absolute atomic E-state index is 0.0606. The molecule has 18 nitrogen and oxygen atoms in total. The van der Waals surface area contributed by atoms with Crippen molar-refractivity contribution in [3.05, 3.63) is 30.9 Å². The fourth-order valence-electron chi connectivity index (χ4n) is 5.57. The lowest BCUT2D eigenvalue weighted by molar-refractivity contribution is -0.0589. The van der Waals surface area contributed by atoms with Crippen LogP contribution < -0.4 is 11.5 Å². The minimum Gasteiger partial charge on any atom is -0.493 e. The number of nitrogens with two attached hydrogens (primary N) is 2. The molecule has 45 heavy (non-hydrogen) atoms. The summed E-state index contributed by atoms with van der Waals surface area (Å²) in [6, 6.07) is 2.95. The van der Waals surface area contributed by atoms with Crippen molar-refractivity contribution in [1.29, 1.82) is 0 Å². The van der Waals surface area contributed by atoms with E-state index in [2.05, 4.69) is 44.4 Å². The highest BCUT2D eigenvalue weighted by atomic mass is 32.7. The van der Waals surface area contributed by atoms with E-state index in [4.69, 9.17) is 39.0 Å². The average Bonchev–Trinajstić information content (AvgIpc) is 3.73. The zero-order chi connectivity index (χ0) is 31.9. The molecule has 9 atom stereocenters. The lowest BCUT2D eigenvalue weighted by Crippen LogP contribution is -2.44. The van der Waals surface area contributed by atoms with Crippen LogP contribution in [-0.2, 0) is 42.5 Å². The molecule has 7 heterocycles. The molecule has 0 aromatic carbocycles. The molecular weight excluding hydrogens is 681 g/mol. The molecule has 3 aliphatic heterocycles. The molecule has 3 fully saturated rings. The predicted molar refractivity (Wildman–Crippen MR) is 159 cm³/mol. The molecule has 4 aromatic heterocycles. The zero-order valence-electron chi connectivity index (χ0n) is 22.6. The van der Waals surface area contributed by atoms with E-state index in [0.29, 0.717) is 11.0 Å². The summed E-state index contributed by atoms with van der Waals surface area (Å²) in [5, 5.41) is 21.9. The number of halogens is 1. The molecule has 0 amide bonds. The number of aromatic nitrogens is 6. The predicted octanol–water partition coefficient (Wildman–Crippen LogP) is 1.92. The van der Waals surface area contributed by atoms with Gasteiger partial charge >= 0.3 is 13.6 Å². The monoisotopic (exact) mass is 706 g/mol. The number of thiol groups is 2. The van der Waals surface area contributed by atoms with Gasteiger partial charge in [0, 0.05) is 12.4 Å². The summed E-state index contributed by atoms with van der Waals surface area (Å²) in [5.74, 6) is -3.32. The summed E-state index contributed by atoms with van der Waals surface area (Å²) in [7, 11) is 0. The average molecular weight is 707 g/mol. The molecule has 6 N–H and O–H groups in total. The molecule has 2 bridgehead atoms. The van der Waals surface area contributed by atoms with Gasteiger partial charge in [-0.2, -0.15) is 9.97 Å². The van der Waals surface area contributed by atoms with E-state index < -0.39 is 81.8 Å². The third-order valence-electron chi connectivity index (χ3n) is 7.65. The lowest BCUT2D eigenvalue weighted by Gasteiger charge is -2.31. The van der Waals surface area contributed by atoms with Gasteiger partial charge in [0.15, 0.2) is 18.0 Å². The summed E-state index contributed by atoms with van der Waals surface area (Å²) in [6.45, 7) is -10.8. The number of rotatable bonds is 2. The number of hydrogen-bond donors (Lipinski definition) is 6. The van der Waals surface area contributed by atoms with E-state index in [1.54, 1.807) is 12.3 Å². The van der Waals surface area contributed by atoms with Crippen LogP contribution in [0.1, 0.15) is 6.23 Å². The largest absolute Gasteiger partial charge is 0.493 e. The first-order valence-electron chi connectivity index (χ1n) is 13.1. The highest BCUT2D eigenvalue weighted by molar-refractivity contribution is 8.44. The number of anilines is 2. The van der Waals surface area contributed by atoms with E-state index in [1.807, 2.05) is 0 Å². The van der Waals surface area contributed by atoms with Crippen LogP contribution in [0.15, 0.2) is 30.9 Å². The van der Waals surface area contributed by atoms with E-state index in [0.717, 1.165) is 4.57 Å². The second-order valence-corrected chi connectivity index (χ2v) is 16.1. The van der Waals surface area contributed by atoms with Gasteiger partial charge < -0.3 is 35.7 Å². The van der Waals surface area contributed by atoms with Crippen molar-refractivity contribution in [2.45, 2.75) is 42.5 Å². The summed E-state index contributed by atoms with van der Waals surface area (Å²) in [5.41, 5.74) is 11.8. The van der Waals surface area contributed by atoms with Crippen LogP contribution in [0, 0.1) is 0 Å². The van der Waals surface area contributed by atoms with Crippen molar-refractivity contribution in [3.63, 3.8) is 0 Å². The number of aliphatic hydroxyl groups excluding tert-OH is 1. The molecule has 23 heteroatoms. The highest BCUT2D eigenvalue weighted by Gasteiger charge is 2.58. The van der Waals surface area contributed by atoms with Crippen LogP contribution in [0.4, 0.5) is 16.2 Å². The maximum Gasteiger partial charge on any atom is 0.386 e. The normalized spacial score (nSPS) is 37.7. The van der Waals surface area contributed by atoms with Crippen molar-refractivity contribution < 1.29 is 51.3 Å². The Morgan fingerprint density at radius 3 is 2.49 bits per heavy atom. The lowest BCUT2D eigenvalue weighted by atomic mass is 10.1. The number of nitrogen functional groups attached to an aromatic ring is 2. The Morgan fingerprint density at radius 1 is 1.00 bits per heavy atom. The van der Waals surface area contributed by atoms with Crippen molar-refractivity contribution in [3.8, 4) is 5.88 Å². The summed E-state index contributed by atoms with van der Waals surface area (Å²) in [4.78, 5) is 15.8. The van der Waals surface area contributed by atoms with Gasteiger partial charge in [-0.25, -0.2) is 23.5 Å². The van der Waals surface area contributed by atoms with Crippen molar-refractivity contribution >= 4 is 71.9 Å². The Kier molecular flexibility index (Phi) is 7.61. The molecule has 3 saturated heterocycles. The van der Waals surface area contributed by atoms with E-state index >= 15 is 4.39 Å². The second kappa shape index (κ2) is 11.0. The first-order valence-corrected chi connectivity index (χ1v) is 18.5. The third-order valence-corrected chi connectivity index (χ3v) is 10.9. The van der Waals surface area contributed by atoms with Crippen LogP contribution in [0.5, 0.6) is 5.88 Å². The minimum atomic E-state index is -4.47. The molecule has 7 rings (SSSR count). The number of nitrogens with zero attached hydrogens (tertiary/aromatic N) is 6. The Balaban J connectivity index is 1.23. The quantitative estimate of drug-likeness (QED) is 0.129. The number of fused-ring (bicyclic) bond motifs is 5. The number of ether oxygens (including phenoxy) is 2. The summed E-state index contributed by atoms with van der Waals surface area (Å²) in [6.07, 6.45) is -4.50. The first kappa shape index (κ1) is 31.1. The first-order chi connectivity index (χ1) is 21.3. The standard InChI is InChI=1S/C22H25FN8O10P2S2/c23-22(31-4-2-10-18(31)28-21(25)29-19(10)33)7-36-12-6-38-42(34,44)40-14-13(32)11(5-37-43(35,45)41-15(12)22)39-20(14)30-3-1-9-16(24)26-8-27-17(9)30/h1-4,8,11-15,20,32H,5-7H2,(H,34,44)(H,35,45)(H2,24,26,27)(H3,25,28,29,33)/t11-,12-,13-,14-,15-,20-,22-,42?,43?/m1/s1. The van der Waals surface area contributed by atoms with E-state index in [1.165, 1.54) is 23.2 Å². The van der Waals surface area contributed by atoms with Gasteiger partial charge in [-0.05, 0) is 12.1 Å². The molecule has 0 aliphatic carbocycles. The van der Waals surface area contributed by atoms with Crippen LogP contribution in [0.3, 0.4) is 0 Å². The molecular formula is C22H25FN8O10P2S2. The summed E-state index contributed by atoms with van der Waals surface area (Å²) < 4.78 is 80.4. The van der Waals surface area contributed by atoms with Crippen molar-refractivity contribution in [2.75, 3.05) is 31.3 Å². The summed E-state index contributed by atoms with van der Waals surface area (Å²) >= 11 is 8.13. The molecule has 4 aromatic rings. The number of alkyl halides is 1. The Labute approximate surface area is 262 Å². The molecule has 242 valence electrons. The highest BCUT2D eigenvalue weighted by Crippen LogP contribution is 2.61. The Hall–Kier alpha value is -2.55. The van der Waals surface area contributed by atoms with Gasteiger partial charge in [0.05, 0.1) is 24.0 Å². The van der Waals surface area contributed by atoms with E-state index in [-0.39, 0.29) is 22.8 Å². The number of aromatic hydroxyl groups is 1. The van der Waals surface area contributed by atoms with E-state index in [9.17, 15) is 19.3 Å². The zero-order valence-corrected chi connectivity index (χ0v) is 26.2. The number of hydrogen-bond acceptors (Lipinski definition) is 16. The van der Waals surface area contributed by atoms with Crippen LogP contribution >= 0.6 is 38.1 Å². The Morgan fingerprint density at radius 2 is 1.71 bits per heavy atom. The van der Waals surface area contributed by atoms with Crippen molar-refractivity contribution in [2.24, 2.45) is 0 Å². The van der Waals surface area contributed by atoms with Crippen LogP contribution in [0.2, 0.25) is 0 Å². The van der Waals surface area contributed by atoms with Gasteiger partial charge in [0.2, 0.25) is 17.6 Å². The maximum absolute atomic E-state index is 17.0. The number of aliphatic hydroxyl groups is 1. The molecule has 0 saturated carbocycles. The fraction of sp³-hybridized carbons (Fsp3) is 0.455. The van der Waals surface area contributed by atoms with Gasteiger partial charge in [0.1, 0.15) is 48.8 Å². The second-order valence-electron chi connectivity index (χ2n) is 10.4. The van der Waals surface area contributed by atoms with Crippen molar-refractivity contribution in [1.82, 2.24) is 29.1 Å². The topological polar surface area (TPSA) is 243 Å². The van der Waals surface area contributed by atoms with Crippen LogP contribution in [0.25, 0.3) is 22.1 Å². The fourth-order valence-corrected chi connectivity index (χ4v) is 8.51. The molecule has 0 spiro atoms.